The van der Waals surface area contributed by atoms with Crippen molar-refractivity contribution in [2.45, 2.75) is 77.6 Å². The van der Waals surface area contributed by atoms with Gasteiger partial charge in [-0.2, -0.15) is 0 Å². The predicted octanol–water partition coefficient (Wildman–Crippen LogP) is 4.07. The molecule has 0 saturated carbocycles. The van der Waals surface area contributed by atoms with Crippen molar-refractivity contribution in [3.8, 4) is 12.3 Å². The molecular formula is C34H52N2O7. The zero-order valence-electron chi connectivity index (χ0n) is 26.8. The Balaban J connectivity index is 1.98. The number of nitrogens with one attached hydrogen (secondary N) is 1. The molecular weight excluding hydrogens is 548 g/mol. The molecule has 1 heterocycles. The number of carbonyl (C=O) groups excluding carboxylic acids is 2. The Bertz CT molecular complexity index is 1020. The Hall–Kier alpha value is -2.74. The molecule has 43 heavy (non-hydrogen) atoms. The molecule has 1 aliphatic rings. The number of likely N-dealkylation sites (tertiary alicyclic amines) is 1. The van der Waals surface area contributed by atoms with E-state index in [0.717, 1.165) is 18.4 Å². The first kappa shape index (κ1) is 36.5. The maximum Gasteiger partial charge on any atom is 0.223 e. The van der Waals surface area contributed by atoms with Crippen LogP contribution in [0.3, 0.4) is 0 Å². The Morgan fingerprint density at radius 1 is 1.09 bits per heavy atom. The molecule has 2 amide bonds. The van der Waals surface area contributed by atoms with Gasteiger partial charge in [-0.05, 0) is 32.8 Å². The summed E-state index contributed by atoms with van der Waals surface area (Å²) in [6, 6.07) is 7.56. The summed E-state index contributed by atoms with van der Waals surface area (Å²) in [6.45, 7) is 11.8. The van der Waals surface area contributed by atoms with E-state index >= 15 is 0 Å². The number of amides is 2. The normalized spacial score (nSPS) is 19.0. The molecule has 0 aromatic heterocycles. The summed E-state index contributed by atoms with van der Waals surface area (Å²) in [6.07, 6.45) is 11.4. The fourth-order valence-electron chi connectivity index (χ4n) is 5.46. The van der Waals surface area contributed by atoms with Crippen molar-refractivity contribution in [3.05, 3.63) is 47.5 Å². The van der Waals surface area contributed by atoms with Crippen molar-refractivity contribution in [1.82, 2.24) is 10.2 Å². The fraction of sp³-hybridized carbons (Fsp3) is 0.647. The van der Waals surface area contributed by atoms with E-state index in [-0.39, 0.29) is 43.4 Å². The molecule has 0 radical (unpaired) electrons. The zero-order valence-corrected chi connectivity index (χ0v) is 26.8. The number of rotatable bonds is 22. The van der Waals surface area contributed by atoms with Gasteiger partial charge in [0.25, 0.3) is 0 Å². The topological polar surface area (TPSA) is 95.6 Å². The number of carbonyl (C=O) groups is 2. The summed E-state index contributed by atoms with van der Waals surface area (Å²) in [5, 5.41) is 3.27. The zero-order chi connectivity index (χ0) is 31.5. The highest BCUT2D eigenvalue weighted by atomic mass is 16.6. The number of benzene rings is 1. The average molecular weight is 601 g/mol. The summed E-state index contributed by atoms with van der Waals surface area (Å²) in [4.78, 5) is 28.6. The molecule has 0 bridgehead atoms. The maximum absolute atomic E-state index is 13.4. The first-order chi connectivity index (χ1) is 20.8. The van der Waals surface area contributed by atoms with E-state index < -0.39 is 11.6 Å². The second-order valence-corrected chi connectivity index (χ2v) is 11.0. The number of allylic oxidation sites excluding steroid dienone is 1. The van der Waals surface area contributed by atoms with Gasteiger partial charge in [0, 0.05) is 32.4 Å². The number of terminal acetylenes is 1. The van der Waals surface area contributed by atoms with Gasteiger partial charge in [-0.1, -0.05) is 61.2 Å². The minimum absolute atomic E-state index is 0.0487. The first-order valence-corrected chi connectivity index (χ1v) is 15.4. The van der Waals surface area contributed by atoms with Crippen molar-refractivity contribution in [3.63, 3.8) is 0 Å². The molecule has 0 aliphatic carbocycles. The van der Waals surface area contributed by atoms with E-state index in [9.17, 15) is 9.59 Å². The molecule has 9 heteroatoms. The third-order valence-corrected chi connectivity index (χ3v) is 7.75. The van der Waals surface area contributed by atoms with Crippen molar-refractivity contribution < 1.29 is 33.3 Å². The van der Waals surface area contributed by atoms with E-state index in [1.165, 1.54) is 5.56 Å². The number of aryl methyl sites for hydroxylation is 1. The van der Waals surface area contributed by atoms with Crippen LogP contribution in [0.15, 0.2) is 36.4 Å². The molecule has 0 unspecified atom stereocenters. The van der Waals surface area contributed by atoms with Gasteiger partial charge in [0.15, 0.2) is 0 Å². The fourth-order valence-corrected chi connectivity index (χ4v) is 5.46. The van der Waals surface area contributed by atoms with Gasteiger partial charge in [-0.3, -0.25) is 9.59 Å². The lowest BCUT2D eigenvalue weighted by Crippen LogP contribution is -2.62. The van der Waals surface area contributed by atoms with Gasteiger partial charge in [0.05, 0.1) is 63.9 Å². The molecule has 1 saturated heterocycles. The summed E-state index contributed by atoms with van der Waals surface area (Å²) in [5.74, 6) is 2.29. The van der Waals surface area contributed by atoms with Crippen LogP contribution in [0.25, 0.3) is 0 Å². The quantitative estimate of drug-likeness (QED) is 0.122. The van der Waals surface area contributed by atoms with Gasteiger partial charge in [0.1, 0.15) is 6.61 Å². The van der Waals surface area contributed by atoms with Crippen LogP contribution in [0.2, 0.25) is 0 Å². The second kappa shape index (κ2) is 20.3. The lowest BCUT2D eigenvalue weighted by Gasteiger charge is -2.44. The molecule has 0 spiro atoms. The van der Waals surface area contributed by atoms with Gasteiger partial charge in [0.2, 0.25) is 11.8 Å². The molecule has 240 valence electrons. The smallest absolute Gasteiger partial charge is 0.223 e. The molecule has 1 N–H and O–H groups in total. The molecule has 1 fully saturated rings. The number of ether oxygens (including phenoxy) is 5. The Morgan fingerprint density at radius 2 is 1.70 bits per heavy atom. The minimum atomic E-state index is -0.671. The van der Waals surface area contributed by atoms with Crippen LogP contribution < -0.4 is 5.32 Å². The highest BCUT2D eigenvalue weighted by Crippen LogP contribution is 2.37. The van der Waals surface area contributed by atoms with Crippen LogP contribution in [0, 0.1) is 25.2 Å². The van der Waals surface area contributed by atoms with Gasteiger partial charge in [-0.25, -0.2) is 0 Å². The largest absolute Gasteiger partial charge is 0.379 e. The SMILES string of the molecule is C#CCOCCOCCOCCOCCC(=O)N[C@H]([C@H]1[C@H](/C=C\C)CC(=O)N1Cc1ccc(C)cc1)[C@](C)(CCC)OC. The standard InChI is InChI=1S/C34H52N2O7/c1-7-10-29-25-31(38)36(26-28-13-11-27(4)12-14-28)32(29)33(34(5,39-6)16-8-2)35-30(37)15-18-41-20-22-43-24-23-42-21-19-40-17-9-3/h3,7,10-14,29,32-33H,8,15-26H2,1-2,4-6H3,(H,35,37)/b10-7-/t29-,32-,33-,34+/m1/s1. The Labute approximate surface area is 258 Å². The van der Waals surface area contributed by atoms with E-state index in [2.05, 4.69) is 48.5 Å². The van der Waals surface area contributed by atoms with Crippen LogP contribution in [-0.4, -0.2) is 94.4 Å². The van der Waals surface area contributed by atoms with E-state index in [1.54, 1.807) is 7.11 Å². The van der Waals surface area contributed by atoms with Crippen molar-refractivity contribution in [2.24, 2.45) is 5.92 Å². The van der Waals surface area contributed by atoms with Crippen LogP contribution >= 0.6 is 0 Å². The Kier molecular flexibility index (Phi) is 17.2. The third kappa shape index (κ3) is 12.4. The molecule has 9 nitrogen and oxygen atoms in total. The van der Waals surface area contributed by atoms with Crippen LogP contribution in [-0.2, 0) is 39.8 Å². The van der Waals surface area contributed by atoms with Crippen molar-refractivity contribution in [2.75, 3.05) is 60.0 Å². The lowest BCUT2D eigenvalue weighted by molar-refractivity contribution is -0.135. The van der Waals surface area contributed by atoms with Crippen LogP contribution in [0.5, 0.6) is 0 Å². The maximum atomic E-state index is 13.4. The average Bonchev–Trinajstić information content (AvgIpc) is 3.29. The first-order valence-electron chi connectivity index (χ1n) is 15.4. The summed E-state index contributed by atoms with van der Waals surface area (Å²) in [7, 11) is 1.68. The van der Waals surface area contributed by atoms with E-state index in [4.69, 9.17) is 30.1 Å². The van der Waals surface area contributed by atoms with E-state index in [0.29, 0.717) is 52.6 Å². The summed E-state index contributed by atoms with van der Waals surface area (Å²) < 4.78 is 27.8. The van der Waals surface area contributed by atoms with Gasteiger partial charge >= 0.3 is 0 Å². The van der Waals surface area contributed by atoms with Crippen molar-refractivity contribution >= 4 is 11.8 Å². The third-order valence-electron chi connectivity index (χ3n) is 7.75. The number of nitrogens with zero attached hydrogens (tertiary/aromatic N) is 1. The molecule has 1 aromatic carbocycles. The van der Waals surface area contributed by atoms with Gasteiger partial charge in [-0.15, -0.1) is 6.42 Å². The monoisotopic (exact) mass is 600 g/mol. The Morgan fingerprint density at radius 3 is 2.26 bits per heavy atom. The lowest BCUT2D eigenvalue weighted by atomic mass is 9.80. The summed E-state index contributed by atoms with van der Waals surface area (Å²) >= 11 is 0. The van der Waals surface area contributed by atoms with Gasteiger partial charge < -0.3 is 33.9 Å². The summed E-state index contributed by atoms with van der Waals surface area (Å²) in [5.41, 5.74) is 1.55. The van der Waals surface area contributed by atoms with Crippen LogP contribution in [0.1, 0.15) is 57.6 Å². The van der Waals surface area contributed by atoms with Crippen LogP contribution in [0.4, 0.5) is 0 Å². The number of hydrogen-bond donors (Lipinski definition) is 1. The predicted molar refractivity (Wildman–Crippen MR) is 167 cm³/mol. The highest BCUT2D eigenvalue weighted by molar-refractivity contribution is 5.81. The molecule has 4 atom stereocenters. The van der Waals surface area contributed by atoms with Crippen molar-refractivity contribution in [1.29, 1.82) is 0 Å². The van der Waals surface area contributed by atoms with E-state index in [1.807, 2.05) is 31.7 Å². The number of methoxy groups -OCH3 is 1. The molecule has 1 aromatic rings. The minimum Gasteiger partial charge on any atom is -0.379 e. The second-order valence-electron chi connectivity index (χ2n) is 11.0. The molecule has 2 rings (SSSR count). The highest BCUT2D eigenvalue weighted by Gasteiger charge is 2.50. The molecule has 1 aliphatic heterocycles. The number of hydrogen-bond acceptors (Lipinski definition) is 7.